The number of rotatable bonds is 4. The lowest BCUT2D eigenvalue weighted by Crippen LogP contribution is -2.37. The largest absolute Gasteiger partial charge is 0.227 e. The molecular formula is C25H25ClN2S. The minimum absolute atomic E-state index is 0.285. The summed E-state index contributed by atoms with van der Waals surface area (Å²) in [7, 11) is 0. The third kappa shape index (κ3) is 3.91. The summed E-state index contributed by atoms with van der Waals surface area (Å²) in [5.41, 5.74) is 7.20. The number of aryl methyl sites for hydroxylation is 2. The van der Waals surface area contributed by atoms with Crippen LogP contribution in [0.15, 0.2) is 52.8 Å². The lowest BCUT2D eigenvalue weighted by atomic mass is 9.59. The van der Waals surface area contributed by atoms with Gasteiger partial charge in [0, 0.05) is 22.5 Å². The summed E-state index contributed by atoms with van der Waals surface area (Å²) in [6.07, 6.45) is 9.41. The van der Waals surface area contributed by atoms with Crippen molar-refractivity contribution in [3.05, 3.63) is 80.8 Å². The number of hydrogen-bond acceptors (Lipinski definition) is 3. The lowest BCUT2D eigenvalue weighted by Gasteiger charge is -2.45. The van der Waals surface area contributed by atoms with Gasteiger partial charge in [0.05, 0.1) is 5.69 Å². The number of fused-ring (bicyclic) bond motifs is 1. The molecule has 1 fully saturated rings. The normalized spacial score (nSPS) is 23.7. The van der Waals surface area contributed by atoms with E-state index in [2.05, 4.69) is 35.5 Å². The van der Waals surface area contributed by atoms with E-state index in [1.165, 1.54) is 49.8 Å². The van der Waals surface area contributed by atoms with E-state index in [4.69, 9.17) is 16.6 Å². The summed E-state index contributed by atoms with van der Waals surface area (Å²) in [4.78, 5) is 9.34. The smallest absolute Gasteiger partial charge is 0.209 e. The number of benzene rings is 2. The summed E-state index contributed by atoms with van der Waals surface area (Å²) in [5.74, 6) is 0.548. The molecule has 0 spiro atoms. The van der Waals surface area contributed by atoms with Gasteiger partial charge in [-0.15, -0.1) is 11.3 Å². The summed E-state index contributed by atoms with van der Waals surface area (Å²) in [6, 6.07) is 15.0. The molecule has 0 radical (unpaired) electrons. The number of halogens is 1. The molecule has 1 heterocycles. The zero-order valence-corrected chi connectivity index (χ0v) is 18.3. The van der Waals surface area contributed by atoms with Crippen LogP contribution in [0.4, 0.5) is 5.13 Å². The highest BCUT2D eigenvalue weighted by atomic mass is 35.5. The van der Waals surface area contributed by atoms with E-state index in [-0.39, 0.29) is 5.41 Å². The Bertz CT molecular complexity index is 1040. The van der Waals surface area contributed by atoms with Gasteiger partial charge in [-0.25, -0.2) is 9.98 Å². The molecule has 1 saturated carbocycles. The molecule has 2 aliphatic rings. The number of thiazole rings is 1. The summed E-state index contributed by atoms with van der Waals surface area (Å²) >= 11 is 7.57. The van der Waals surface area contributed by atoms with Crippen molar-refractivity contribution in [3.63, 3.8) is 0 Å². The molecule has 2 aliphatic carbocycles. The van der Waals surface area contributed by atoms with Crippen LogP contribution in [-0.4, -0.2) is 11.2 Å². The van der Waals surface area contributed by atoms with Crippen molar-refractivity contribution in [1.82, 2.24) is 4.98 Å². The van der Waals surface area contributed by atoms with Gasteiger partial charge in [-0.1, -0.05) is 48.9 Å². The Morgan fingerprint density at radius 2 is 1.83 bits per heavy atom. The van der Waals surface area contributed by atoms with Crippen molar-refractivity contribution >= 4 is 34.3 Å². The van der Waals surface area contributed by atoms with E-state index in [1.54, 1.807) is 22.5 Å². The Morgan fingerprint density at radius 3 is 2.62 bits per heavy atom. The molecule has 0 unspecified atom stereocenters. The van der Waals surface area contributed by atoms with Crippen LogP contribution in [0.5, 0.6) is 0 Å². The van der Waals surface area contributed by atoms with E-state index < -0.39 is 0 Å². The fourth-order valence-corrected chi connectivity index (χ4v) is 5.65. The number of aliphatic imine (C=N–C) groups is 1. The average molecular weight is 421 g/mol. The molecule has 4 heteroatoms. The van der Waals surface area contributed by atoms with Crippen LogP contribution in [0.3, 0.4) is 0 Å². The van der Waals surface area contributed by atoms with Crippen molar-refractivity contribution in [2.24, 2.45) is 4.99 Å². The maximum Gasteiger partial charge on any atom is 0.209 e. The summed E-state index contributed by atoms with van der Waals surface area (Å²) in [5, 5.41) is 3.76. The van der Waals surface area contributed by atoms with Gasteiger partial charge >= 0.3 is 0 Å². The van der Waals surface area contributed by atoms with Crippen LogP contribution in [0.1, 0.15) is 66.5 Å². The summed E-state index contributed by atoms with van der Waals surface area (Å²) < 4.78 is 0. The predicted molar refractivity (Wildman–Crippen MR) is 123 cm³/mol. The third-order valence-corrected chi connectivity index (χ3v) is 7.58. The van der Waals surface area contributed by atoms with Gasteiger partial charge in [0.15, 0.2) is 0 Å². The molecule has 0 atom stereocenters. The molecule has 148 valence electrons. The molecule has 29 heavy (non-hydrogen) atoms. The highest BCUT2D eigenvalue weighted by molar-refractivity contribution is 7.13. The molecule has 0 N–H and O–H groups in total. The number of aromatic nitrogens is 1. The van der Waals surface area contributed by atoms with Crippen molar-refractivity contribution in [1.29, 1.82) is 0 Å². The standard InChI is InChI=1S/C25H25ClN2S/c1-25(21-9-8-18-4-2-3-5-19(18)12-21)13-20(14-25)23-16-29-24(28-23)27-15-17-6-10-22(26)11-7-17/h6-12,15-16,20H,2-5,13-14H2,1H3/b27-15+. The van der Waals surface area contributed by atoms with Crippen molar-refractivity contribution in [2.75, 3.05) is 0 Å². The van der Waals surface area contributed by atoms with Crippen LogP contribution in [-0.2, 0) is 18.3 Å². The average Bonchev–Trinajstić information content (AvgIpc) is 3.19. The first-order valence-electron chi connectivity index (χ1n) is 10.5. The topological polar surface area (TPSA) is 25.2 Å². The van der Waals surface area contributed by atoms with Gasteiger partial charge < -0.3 is 0 Å². The Balaban J connectivity index is 1.25. The van der Waals surface area contributed by atoms with Crippen LogP contribution in [0, 0.1) is 0 Å². The second-order valence-corrected chi connectivity index (χ2v) is 9.99. The maximum atomic E-state index is 5.94. The molecular weight excluding hydrogens is 396 g/mol. The highest BCUT2D eigenvalue weighted by Crippen LogP contribution is 2.53. The van der Waals surface area contributed by atoms with Gasteiger partial charge in [-0.2, -0.15) is 0 Å². The highest BCUT2D eigenvalue weighted by Gasteiger charge is 2.43. The Hall–Kier alpha value is -1.97. The van der Waals surface area contributed by atoms with Gasteiger partial charge in [-0.3, -0.25) is 0 Å². The first kappa shape index (κ1) is 19.0. The Kier molecular flexibility index (Phi) is 5.05. The van der Waals surface area contributed by atoms with E-state index in [1.807, 2.05) is 30.5 Å². The molecule has 0 bridgehead atoms. The van der Waals surface area contributed by atoms with E-state index >= 15 is 0 Å². The minimum atomic E-state index is 0.285. The fourth-order valence-electron chi connectivity index (χ4n) is 4.78. The molecule has 5 rings (SSSR count). The lowest BCUT2D eigenvalue weighted by molar-refractivity contribution is 0.221. The van der Waals surface area contributed by atoms with Gasteiger partial charge in [0.1, 0.15) is 0 Å². The second kappa shape index (κ2) is 7.70. The zero-order valence-electron chi connectivity index (χ0n) is 16.7. The molecule has 0 aliphatic heterocycles. The quantitative estimate of drug-likeness (QED) is 0.407. The molecule has 3 aromatic rings. The van der Waals surface area contributed by atoms with Crippen molar-refractivity contribution in [3.8, 4) is 0 Å². The van der Waals surface area contributed by atoms with E-state index in [0.29, 0.717) is 5.92 Å². The minimum Gasteiger partial charge on any atom is -0.227 e. The van der Waals surface area contributed by atoms with Gasteiger partial charge in [0.25, 0.3) is 0 Å². The van der Waals surface area contributed by atoms with Crippen LogP contribution >= 0.6 is 22.9 Å². The first-order chi connectivity index (χ1) is 14.1. The van der Waals surface area contributed by atoms with Crippen molar-refractivity contribution < 1.29 is 0 Å². The third-order valence-electron chi connectivity index (χ3n) is 6.56. The van der Waals surface area contributed by atoms with Crippen LogP contribution in [0.2, 0.25) is 5.02 Å². The maximum absolute atomic E-state index is 5.94. The zero-order chi connectivity index (χ0) is 19.8. The SMILES string of the molecule is CC1(c2ccc3c(c2)CCCC3)CC(c2csc(/N=C/c3ccc(Cl)cc3)n2)C1. The first-order valence-corrected chi connectivity index (χ1v) is 11.7. The van der Waals surface area contributed by atoms with Gasteiger partial charge in [-0.05, 0) is 78.3 Å². The molecule has 2 nitrogen and oxygen atoms in total. The fraction of sp³-hybridized carbons (Fsp3) is 0.360. The predicted octanol–water partition coefficient (Wildman–Crippen LogP) is 7.26. The number of nitrogens with zero attached hydrogens (tertiary/aromatic N) is 2. The van der Waals surface area contributed by atoms with E-state index in [9.17, 15) is 0 Å². The second-order valence-electron chi connectivity index (χ2n) is 8.72. The molecule has 0 amide bonds. The molecule has 1 aromatic heterocycles. The molecule has 2 aromatic carbocycles. The Labute approximate surface area is 181 Å². The monoisotopic (exact) mass is 420 g/mol. The number of hydrogen-bond donors (Lipinski definition) is 0. The van der Waals surface area contributed by atoms with E-state index in [0.717, 1.165) is 15.7 Å². The van der Waals surface area contributed by atoms with Crippen molar-refractivity contribution in [2.45, 2.75) is 56.8 Å². The van der Waals surface area contributed by atoms with Gasteiger partial charge in [0.2, 0.25) is 5.13 Å². The Morgan fingerprint density at radius 1 is 1.07 bits per heavy atom. The summed E-state index contributed by atoms with van der Waals surface area (Å²) in [6.45, 7) is 2.42. The molecule has 0 saturated heterocycles. The van der Waals surface area contributed by atoms with Crippen LogP contribution < -0.4 is 0 Å². The van der Waals surface area contributed by atoms with Crippen LogP contribution in [0.25, 0.3) is 0 Å².